The standard InChI is InChI=1S/C37H60NO3/c1-6-8-9-10-11-12-13-14-15-16-18-22-33-25-21-26-36(29-33)41-32(3)27-28-40-37(39)35(7-2)31-38(4,5)30-34-23-19-17-20-24-34/h17,19-21,23-26,29,32,35H,6-16,18,22,27-28,30-31H2,1-5H3/q+1. The number of esters is 1. The SMILES string of the molecule is CCCCCCCCCCCCCc1cccc(OC(C)CCOC(=O)C(CC)C[N+](C)(C)Cc2ccccc2)c1. The van der Waals surface area contributed by atoms with E-state index in [1.54, 1.807) is 0 Å². The zero-order valence-electron chi connectivity index (χ0n) is 27.0. The summed E-state index contributed by atoms with van der Waals surface area (Å²) in [6.07, 6.45) is 17.6. The molecule has 0 spiro atoms. The average Bonchev–Trinajstić information content (AvgIpc) is 2.95. The fourth-order valence-electron chi connectivity index (χ4n) is 5.61. The lowest BCUT2D eigenvalue weighted by atomic mass is 10.0. The Hall–Kier alpha value is -2.33. The quantitative estimate of drug-likeness (QED) is 0.0763. The maximum atomic E-state index is 12.9. The number of rotatable bonds is 23. The molecule has 0 aliphatic rings. The Bertz CT molecular complexity index is 942. The molecule has 41 heavy (non-hydrogen) atoms. The molecule has 0 radical (unpaired) electrons. The van der Waals surface area contributed by atoms with Crippen LogP contribution < -0.4 is 4.74 Å². The first-order valence-electron chi connectivity index (χ1n) is 16.6. The lowest BCUT2D eigenvalue weighted by Gasteiger charge is -2.32. The lowest BCUT2D eigenvalue weighted by molar-refractivity contribution is -0.906. The van der Waals surface area contributed by atoms with Gasteiger partial charge in [0, 0.05) is 12.0 Å². The molecule has 2 unspecified atom stereocenters. The number of carbonyl (C=O) groups excluding carboxylic acids is 1. The summed E-state index contributed by atoms with van der Waals surface area (Å²) in [7, 11) is 4.37. The molecule has 0 bridgehead atoms. The molecule has 2 atom stereocenters. The van der Waals surface area contributed by atoms with E-state index in [1.165, 1.54) is 81.8 Å². The van der Waals surface area contributed by atoms with Gasteiger partial charge in [0.25, 0.3) is 0 Å². The van der Waals surface area contributed by atoms with Gasteiger partial charge in [-0.3, -0.25) is 4.79 Å². The minimum Gasteiger partial charge on any atom is -0.491 e. The number of ether oxygens (including phenoxy) is 2. The zero-order chi connectivity index (χ0) is 29.8. The Kier molecular flexibility index (Phi) is 17.5. The second-order valence-electron chi connectivity index (χ2n) is 12.7. The summed E-state index contributed by atoms with van der Waals surface area (Å²) in [5.74, 6) is 0.723. The second kappa shape index (κ2) is 20.5. The van der Waals surface area contributed by atoms with Crippen LogP contribution in [-0.2, 0) is 22.5 Å². The van der Waals surface area contributed by atoms with Gasteiger partial charge in [-0.05, 0) is 43.9 Å². The van der Waals surface area contributed by atoms with Crippen molar-refractivity contribution in [3.05, 3.63) is 65.7 Å². The van der Waals surface area contributed by atoms with Crippen LogP contribution in [0.2, 0.25) is 0 Å². The maximum absolute atomic E-state index is 12.9. The van der Waals surface area contributed by atoms with Gasteiger partial charge in [-0.2, -0.15) is 0 Å². The Morgan fingerprint density at radius 2 is 1.39 bits per heavy atom. The predicted octanol–water partition coefficient (Wildman–Crippen LogP) is 9.54. The Morgan fingerprint density at radius 3 is 2.02 bits per heavy atom. The van der Waals surface area contributed by atoms with Crippen molar-refractivity contribution in [1.29, 1.82) is 0 Å². The number of quaternary nitrogens is 1. The van der Waals surface area contributed by atoms with E-state index in [1.807, 2.05) is 12.1 Å². The van der Waals surface area contributed by atoms with Gasteiger partial charge in [0.1, 0.15) is 18.2 Å². The van der Waals surface area contributed by atoms with Crippen molar-refractivity contribution in [1.82, 2.24) is 0 Å². The van der Waals surface area contributed by atoms with Crippen molar-refractivity contribution >= 4 is 5.97 Å². The molecule has 0 aliphatic heterocycles. The summed E-state index contributed by atoms with van der Waals surface area (Å²) in [4.78, 5) is 12.9. The van der Waals surface area contributed by atoms with Crippen molar-refractivity contribution in [3.63, 3.8) is 0 Å². The van der Waals surface area contributed by atoms with Crippen molar-refractivity contribution in [2.45, 2.75) is 123 Å². The summed E-state index contributed by atoms with van der Waals surface area (Å²) in [5.41, 5.74) is 2.63. The number of hydrogen-bond acceptors (Lipinski definition) is 3. The highest BCUT2D eigenvalue weighted by molar-refractivity contribution is 5.72. The lowest BCUT2D eigenvalue weighted by Crippen LogP contribution is -2.44. The van der Waals surface area contributed by atoms with Crippen molar-refractivity contribution in [3.8, 4) is 5.75 Å². The predicted molar refractivity (Wildman–Crippen MR) is 173 cm³/mol. The van der Waals surface area contributed by atoms with E-state index in [2.05, 4.69) is 77.3 Å². The van der Waals surface area contributed by atoms with Crippen LogP contribution >= 0.6 is 0 Å². The van der Waals surface area contributed by atoms with Crippen LogP contribution in [0, 0.1) is 5.92 Å². The highest BCUT2D eigenvalue weighted by Gasteiger charge is 2.28. The molecule has 0 saturated heterocycles. The van der Waals surface area contributed by atoms with E-state index >= 15 is 0 Å². The fourth-order valence-corrected chi connectivity index (χ4v) is 5.61. The highest BCUT2D eigenvalue weighted by atomic mass is 16.5. The minimum atomic E-state index is -0.0998. The molecule has 4 heteroatoms. The van der Waals surface area contributed by atoms with Crippen LogP contribution in [0.3, 0.4) is 0 Å². The van der Waals surface area contributed by atoms with Crippen LogP contribution in [0.4, 0.5) is 0 Å². The van der Waals surface area contributed by atoms with Gasteiger partial charge in [-0.15, -0.1) is 0 Å². The van der Waals surface area contributed by atoms with Crippen molar-refractivity contribution in [2.75, 3.05) is 27.2 Å². The third-order valence-corrected chi connectivity index (χ3v) is 8.07. The van der Waals surface area contributed by atoms with Gasteiger partial charge in [-0.1, -0.05) is 121 Å². The van der Waals surface area contributed by atoms with E-state index in [9.17, 15) is 4.79 Å². The third kappa shape index (κ3) is 16.0. The van der Waals surface area contributed by atoms with Crippen molar-refractivity contribution in [2.24, 2.45) is 5.92 Å². The van der Waals surface area contributed by atoms with E-state index in [0.29, 0.717) is 13.0 Å². The fraction of sp³-hybridized carbons (Fsp3) is 0.649. The first kappa shape index (κ1) is 34.9. The number of aryl methyl sites for hydroxylation is 1. The van der Waals surface area contributed by atoms with Crippen LogP contribution in [0.1, 0.15) is 115 Å². The van der Waals surface area contributed by atoms with E-state index in [-0.39, 0.29) is 18.0 Å². The Morgan fingerprint density at radius 1 is 0.780 bits per heavy atom. The number of benzene rings is 2. The molecule has 230 valence electrons. The second-order valence-corrected chi connectivity index (χ2v) is 12.7. The van der Waals surface area contributed by atoms with Crippen molar-refractivity contribution < 1.29 is 18.8 Å². The van der Waals surface area contributed by atoms with Gasteiger partial charge >= 0.3 is 5.97 Å². The van der Waals surface area contributed by atoms with Crippen LogP contribution in [0.5, 0.6) is 5.75 Å². The molecule has 0 aromatic heterocycles. The number of carbonyl (C=O) groups is 1. The summed E-state index contributed by atoms with van der Waals surface area (Å²) < 4.78 is 12.7. The molecule has 0 amide bonds. The number of nitrogens with zero attached hydrogens (tertiary/aromatic N) is 1. The molecule has 0 heterocycles. The smallest absolute Gasteiger partial charge is 0.314 e. The zero-order valence-corrected chi connectivity index (χ0v) is 27.0. The summed E-state index contributed by atoms with van der Waals surface area (Å²) in [6.45, 7) is 8.46. The molecule has 2 aromatic carbocycles. The first-order valence-corrected chi connectivity index (χ1v) is 16.6. The Labute approximate surface area is 252 Å². The molecule has 2 aromatic rings. The molecule has 0 saturated carbocycles. The van der Waals surface area contributed by atoms with Crippen LogP contribution in [0.15, 0.2) is 54.6 Å². The highest BCUT2D eigenvalue weighted by Crippen LogP contribution is 2.20. The molecular weight excluding hydrogens is 506 g/mol. The first-order chi connectivity index (χ1) is 19.8. The van der Waals surface area contributed by atoms with Crippen LogP contribution in [0.25, 0.3) is 0 Å². The van der Waals surface area contributed by atoms with Crippen LogP contribution in [-0.4, -0.2) is 43.8 Å². The van der Waals surface area contributed by atoms with Gasteiger partial charge in [0.05, 0.1) is 33.4 Å². The molecule has 0 fully saturated rings. The number of unbranched alkanes of at least 4 members (excludes halogenated alkanes) is 10. The van der Waals surface area contributed by atoms with E-state index in [0.717, 1.165) is 36.2 Å². The normalized spacial score (nSPS) is 13.1. The molecular formula is C37H60NO3+. The van der Waals surface area contributed by atoms with Gasteiger partial charge < -0.3 is 14.0 Å². The molecule has 2 rings (SSSR count). The molecule has 0 N–H and O–H groups in total. The molecule has 0 aliphatic carbocycles. The maximum Gasteiger partial charge on any atom is 0.314 e. The minimum absolute atomic E-state index is 0.00889. The summed E-state index contributed by atoms with van der Waals surface area (Å²) in [5, 5.41) is 0. The van der Waals surface area contributed by atoms with Gasteiger partial charge in [-0.25, -0.2) is 0 Å². The largest absolute Gasteiger partial charge is 0.491 e. The van der Waals surface area contributed by atoms with E-state index in [4.69, 9.17) is 9.47 Å². The topological polar surface area (TPSA) is 35.5 Å². The van der Waals surface area contributed by atoms with E-state index < -0.39 is 0 Å². The average molecular weight is 567 g/mol. The Balaban J connectivity index is 1.62. The summed E-state index contributed by atoms with van der Waals surface area (Å²) in [6, 6.07) is 19.0. The van der Waals surface area contributed by atoms with Gasteiger partial charge in [0.2, 0.25) is 0 Å². The monoisotopic (exact) mass is 566 g/mol. The molecule has 4 nitrogen and oxygen atoms in total. The van der Waals surface area contributed by atoms with Gasteiger partial charge in [0.15, 0.2) is 0 Å². The number of hydrogen-bond donors (Lipinski definition) is 0. The third-order valence-electron chi connectivity index (χ3n) is 8.07. The summed E-state index contributed by atoms with van der Waals surface area (Å²) >= 11 is 0.